The number of aliphatic hydroxyl groups excluding tert-OH is 2. The Morgan fingerprint density at radius 2 is 2.30 bits per heavy atom. The number of carbonyl (C=O) groups is 1. The van der Waals surface area contributed by atoms with Crippen molar-refractivity contribution < 1.29 is 20.1 Å². The number of thiol groups is 1. The van der Waals surface area contributed by atoms with Crippen LogP contribution in [-0.4, -0.2) is 44.4 Å². The van der Waals surface area contributed by atoms with E-state index in [0.29, 0.717) is 0 Å². The van der Waals surface area contributed by atoms with E-state index < -0.39 is 22.5 Å². The zero-order chi connectivity index (χ0) is 15.0. The van der Waals surface area contributed by atoms with Crippen LogP contribution in [0.2, 0.25) is 0 Å². The number of hydrogen-bond donors (Lipinski definition) is 5. The van der Waals surface area contributed by atoms with Crippen molar-refractivity contribution in [3.05, 3.63) is 12.2 Å². The van der Waals surface area contributed by atoms with Gasteiger partial charge in [-0.1, -0.05) is 12.2 Å². The second-order valence-corrected chi connectivity index (χ2v) is 6.64. The first-order chi connectivity index (χ1) is 9.34. The Hall–Kier alpha value is -0.560. The van der Waals surface area contributed by atoms with Gasteiger partial charge in [-0.15, -0.1) is 12.6 Å². The highest BCUT2D eigenvalue weighted by Gasteiger charge is 2.63. The summed E-state index contributed by atoms with van der Waals surface area (Å²) in [5.41, 5.74) is -1.53. The van der Waals surface area contributed by atoms with Gasteiger partial charge >= 0.3 is 0 Å². The highest BCUT2D eigenvalue weighted by Crippen LogP contribution is 2.45. The number of allylic oxidation sites excluding steroid dienone is 1. The van der Waals surface area contributed by atoms with Crippen LogP contribution in [0, 0.1) is 11.8 Å². The quantitative estimate of drug-likeness (QED) is 0.379. The fourth-order valence-electron chi connectivity index (χ4n) is 3.25. The number of rotatable bonds is 4. The molecule has 6 heteroatoms. The summed E-state index contributed by atoms with van der Waals surface area (Å²) in [6.07, 6.45) is 5.85. The Morgan fingerprint density at radius 3 is 2.85 bits per heavy atom. The van der Waals surface area contributed by atoms with Gasteiger partial charge in [-0.3, -0.25) is 4.79 Å². The molecule has 0 aromatic rings. The Balaban J connectivity index is 2.26. The Morgan fingerprint density at radius 1 is 1.60 bits per heavy atom. The molecule has 20 heavy (non-hydrogen) atoms. The molecule has 0 saturated carbocycles. The van der Waals surface area contributed by atoms with Crippen LogP contribution in [0.25, 0.3) is 0 Å². The van der Waals surface area contributed by atoms with Crippen LogP contribution in [0.4, 0.5) is 0 Å². The van der Waals surface area contributed by atoms with Gasteiger partial charge in [0.15, 0.2) is 0 Å². The summed E-state index contributed by atoms with van der Waals surface area (Å²) in [6, 6.07) is 0. The molecule has 1 aliphatic carbocycles. The molecule has 1 heterocycles. The summed E-state index contributed by atoms with van der Waals surface area (Å²) in [5.74, 6) is -1.29. The minimum Gasteiger partial charge on any atom is -0.396 e. The number of hydrogen-bond acceptors (Lipinski definition) is 5. The molecular weight excluding hydrogens is 278 g/mol. The molecule has 0 aromatic heterocycles. The third-order valence-corrected chi connectivity index (χ3v) is 5.45. The second kappa shape index (κ2) is 5.67. The number of aliphatic hydroxyl groups is 3. The average molecular weight is 301 g/mol. The van der Waals surface area contributed by atoms with Crippen molar-refractivity contribution in [2.24, 2.45) is 11.8 Å². The van der Waals surface area contributed by atoms with E-state index in [1.807, 2.05) is 12.2 Å². The fraction of sp³-hybridized carbons (Fsp3) is 0.786. The molecule has 1 saturated heterocycles. The SMILES string of the molecule is C[C@]1(O)[C@@H](CCO)C(=O)N[C@]1(S)[C@@H](O)[C@@H]1C=CCCC1. The Kier molecular flexibility index (Phi) is 4.49. The monoisotopic (exact) mass is 301 g/mol. The fourth-order valence-corrected chi connectivity index (χ4v) is 3.71. The van der Waals surface area contributed by atoms with E-state index >= 15 is 0 Å². The van der Waals surface area contributed by atoms with E-state index in [9.17, 15) is 15.0 Å². The summed E-state index contributed by atoms with van der Waals surface area (Å²) in [6.45, 7) is 1.30. The zero-order valence-electron chi connectivity index (χ0n) is 11.6. The number of amides is 1. The first-order valence-electron chi connectivity index (χ1n) is 7.07. The van der Waals surface area contributed by atoms with Crippen molar-refractivity contribution in [2.45, 2.75) is 49.2 Å². The maximum Gasteiger partial charge on any atom is 0.227 e. The van der Waals surface area contributed by atoms with E-state index in [4.69, 9.17) is 5.11 Å². The molecule has 0 bridgehead atoms. The lowest BCUT2D eigenvalue weighted by molar-refractivity contribution is -0.126. The lowest BCUT2D eigenvalue weighted by Crippen LogP contribution is -2.62. The molecule has 0 spiro atoms. The van der Waals surface area contributed by atoms with Crippen molar-refractivity contribution in [1.29, 1.82) is 0 Å². The van der Waals surface area contributed by atoms with Gasteiger partial charge in [0.05, 0.1) is 12.0 Å². The van der Waals surface area contributed by atoms with Gasteiger partial charge in [-0.2, -0.15) is 0 Å². The molecule has 114 valence electrons. The Labute approximate surface area is 124 Å². The van der Waals surface area contributed by atoms with Gasteiger partial charge in [-0.25, -0.2) is 0 Å². The standard InChI is InChI=1S/C14H23NO4S/c1-13(19)10(7-8-16)12(18)15-14(13,20)11(17)9-5-3-2-4-6-9/h3,5,9-11,16-17,19-20H,2,4,6-8H2,1H3,(H,15,18)/t9-,10+,11+,13+,14+/m1/s1. The maximum absolute atomic E-state index is 12.0. The molecule has 0 radical (unpaired) electrons. The second-order valence-electron chi connectivity index (χ2n) is 5.94. The Bertz CT molecular complexity index is 412. The molecule has 5 atom stereocenters. The van der Waals surface area contributed by atoms with E-state index in [1.165, 1.54) is 6.92 Å². The van der Waals surface area contributed by atoms with Crippen molar-refractivity contribution in [2.75, 3.05) is 6.61 Å². The molecule has 0 unspecified atom stereocenters. The maximum atomic E-state index is 12.0. The van der Waals surface area contributed by atoms with Crippen molar-refractivity contribution in [1.82, 2.24) is 5.32 Å². The van der Waals surface area contributed by atoms with E-state index in [1.54, 1.807) is 0 Å². The topological polar surface area (TPSA) is 89.8 Å². The van der Waals surface area contributed by atoms with Gasteiger partial charge in [0.2, 0.25) is 5.91 Å². The molecule has 2 rings (SSSR count). The summed E-state index contributed by atoms with van der Waals surface area (Å²) < 4.78 is 0. The first kappa shape index (κ1) is 15.8. The van der Waals surface area contributed by atoms with Gasteiger partial charge in [0.25, 0.3) is 0 Å². The number of nitrogens with one attached hydrogen (secondary N) is 1. The van der Waals surface area contributed by atoms with Gasteiger partial charge in [-0.05, 0) is 32.6 Å². The van der Waals surface area contributed by atoms with Crippen LogP contribution in [0.5, 0.6) is 0 Å². The lowest BCUT2D eigenvalue weighted by atomic mass is 9.77. The van der Waals surface area contributed by atoms with Gasteiger partial charge in [0, 0.05) is 12.5 Å². The summed E-state index contributed by atoms with van der Waals surface area (Å²) in [5, 5.41) is 33.0. The molecule has 5 nitrogen and oxygen atoms in total. The summed E-state index contributed by atoms with van der Waals surface area (Å²) in [7, 11) is 0. The molecular formula is C14H23NO4S. The smallest absolute Gasteiger partial charge is 0.227 e. The average Bonchev–Trinajstić information content (AvgIpc) is 2.60. The van der Waals surface area contributed by atoms with E-state index in [2.05, 4.69) is 17.9 Å². The van der Waals surface area contributed by atoms with Crippen LogP contribution >= 0.6 is 12.6 Å². The summed E-state index contributed by atoms with van der Waals surface area (Å²) in [4.78, 5) is 10.6. The van der Waals surface area contributed by atoms with Crippen LogP contribution in [0.15, 0.2) is 12.2 Å². The predicted molar refractivity (Wildman–Crippen MR) is 78.2 cm³/mol. The zero-order valence-corrected chi connectivity index (χ0v) is 12.5. The van der Waals surface area contributed by atoms with Gasteiger partial charge < -0.3 is 20.6 Å². The summed E-state index contributed by atoms with van der Waals surface area (Å²) >= 11 is 4.43. The van der Waals surface area contributed by atoms with Crippen LogP contribution in [0.3, 0.4) is 0 Å². The van der Waals surface area contributed by atoms with Crippen molar-refractivity contribution in [3.8, 4) is 0 Å². The molecule has 1 aliphatic heterocycles. The minimum atomic E-state index is -1.53. The normalized spacial score (nSPS) is 42.5. The largest absolute Gasteiger partial charge is 0.396 e. The third-order valence-electron chi connectivity index (χ3n) is 4.62. The highest BCUT2D eigenvalue weighted by molar-refractivity contribution is 7.82. The van der Waals surface area contributed by atoms with Crippen LogP contribution in [0.1, 0.15) is 32.6 Å². The van der Waals surface area contributed by atoms with Crippen molar-refractivity contribution in [3.63, 3.8) is 0 Å². The first-order valence-corrected chi connectivity index (χ1v) is 7.51. The predicted octanol–water partition coefficient (Wildman–Crippen LogP) is 0.209. The molecule has 1 fully saturated rings. The third kappa shape index (κ3) is 2.39. The lowest BCUT2D eigenvalue weighted by Gasteiger charge is -2.43. The van der Waals surface area contributed by atoms with E-state index in [0.717, 1.165) is 19.3 Å². The van der Waals surface area contributed by atoms with E-state index in [-0.39, 0.29) is 24.9 Å². The minimum absolute atomic E-state index is 0.138. The number of carbonyl (C=O) groups excluding carboxylic acids is 1. The van der Waals surface area contributed by atoms with Gasteiger partial charge in [0.1, 0.15) is 10.5 Å². The molecule has 4 N–H and O–H groups in total. The molecule has 1 amide bonds. The van der Waals surface area contributed by atoms with Crippen LogP contribution in [-0.2, 0) is 4.79 Å². The molecule has 2 aliphatic rings. The highest BCUT2D eigenvalue weighted by atomic mass is 32.1. The molecule has 0 aromatic carbocycles. The van der Waals surface area contributed by atoms with Crippen LogP contribution < -0.4 is 5.32 Å². The van der Waals surface area contributed by atoms with Crippen molar-refractivity contribution >= 4 is 18.5 Å².